The number of quaternary nitrogens is 6. The second-order valence-electron chi connectivity index (χ2n) is 6.79. The van der Waals surface area contributed by atoms with Crippen molar-refractivity contribution < 1.29 is 35.9 Å². The smallest absolute Gasteiger partial charge is 0.189 e. The molecule has 0 aromatic rings. The van der Waals surface area contributed by atoms with E-state index >= 15 is 0 Å². The molecule has 0 radical (unpaired) electrons. The van der Waals surface area contributed by atoms with Gasteiger partial charge in [-0.15, -0.1) is 0 Å². The maximum absolute atomic E-state index is 11.1. The van der Waals surface area contributed by atoms with Gasteiger partial charge in [-0.05, 0) is 5.53 Å². The highest BCUT2D eigenvalue weighted by atomic mass is 16.9. The molecule has 6 unspecified atom stereocenters. The maximum atomic E-state index is 11.1. The van der Waals surface area contributed by atoms with Crippen molar-refractivity contribution in [2.75, 3.05) is 14.2 Å². The van der Waals surface area contributed by atoms with E-state index in [2.05, 4.69) is 10.4 Å². The second kappa shape index (κ2) is 10.7. The normalized spacial score (nSPS) is 35.0. The van der Waals surface area contributed by atoms with Crippen LogP contribution < -0.4 is 36.6 Å². The minimum absolute atomic E-state index is 0.178. The van der Waals surface area contributed by atoms with Crippen LogP contribution in [-0.4, -0.2) is 24.6 Å². The van der Waals surface area contributed by atoms with Gasteiger partial charge in [-0.3, -0.25) is 0 Å². The van der Waals surface area contributed by atoms with Gasteiger partial charge in [0.1, 0.15) is 0 Å². The molecule has 0 aromatic heterocycles. The summed E-state index contributed by atoms with van der Waals surface area (Å²) in [5.41, 5.74) is 5.26. The van der Waals surface area contributed by atoms with Crippen molar-refractivity contribution in [3.8, 4) is 0 Å². The van der Waals surface area contributed by atoms with Crippen LogP contribution in [0.3, 0.4) is 0 Å². The highest BCUT2D eigenvalue weighted by Gasteiger charge is 2.34. The Morgan fingerprint density at radius 3 is 1.03 bits per heavy atom. The molecule has 3 aliphatic heterocycles. The van der Waals surface area contributed by atoms with E-state index in [1.165, 1.54) is 14.2 Å². The van der Waals surface area contributed by atoms with Gasteiger partial charge in [-0.25, -0.2) is 25.5 Å². The molecule has 16 heteroatoms. The number of hydroxylamine groups is 6. The predicted molar refractivity (Wildman–Crippen MR) is 101 cm³/mol. The number of nitrogens with zero attached hydrogens (tertiary/aromatic N) is 2. The van der Waals surface area contributed by atoms with Crippen LogP contribution in [0, 0.1) is 31.2 Å². The van der Waals surface area contributed by atoms with Gasteiger partial charge in [0.25, 0.3) is 0 Å². The van der Waals surface area contributed by atoms with Crippen LogP contribution in [0.25, 0.3) is 0 Å². The number of nitrogens with one attached hydrogen (secondary N) is 7. The number of hydrogen-bond donors (Lipinski definition) is 7. The first-order valence-electron chi connectivity index (χ1n) is 8.91. The summed E-state index contributed by atoms with van der Waals surface area (Å²) in [5.74, 6) is 0. The van der Waals surface area contributed by atoms with Gasteiger partial charge in [0.15, 0.2) is 39.5 Å². The Labute approximate surface area is 173 Å². The highest BCUT2D eigenvalue weighted by molar-refractivity contribution is 4.93. The summed E-state index contributed by atoms with van der Waals surface area (Å²) in [6, 6.07) is 0. The molecule has 0 amide bonds. The minimum atomic E-state index is -0.366. The lowest BCUT2D eigenvalue weighted by atomic mass is 10.4. The van der Waals surface area contributed by atoms with E-state index in [0.717, 1.165) is 10.4 Å². The zero-order valence-electron chi connectivity index (χ0n) is 18.3. The SMILES string of the molecule is CC1=C(C)[NH+]([O-])N(C)[NH+]1[O-].CC1=C(C)[NH+]([O-])N[NH+]1[O-].CON1[NH+]([O-])C(C)=C(C)[NH+]1[O-]. The van der Waals surface area contributed by atoms with Crippen LogP contribution in [0.4, 0.5) is 0 Å². The number of hydrogen-bond acceptors (Lipinski definition) is 10. The van der Waals surface area contributed by atoms with E-state index in [0.29, 0.717) is 34.2 Å². The molecule has 30 heavy (non-hydrogen) atoms. The summed E-state index contributed by atoms with van der Waals surface area (Å²) in [4.78, 5) is 4.57. The fourth-order valence-electron chi connectivity index (χ4n) is 2.43. The first-order valence-corrected chi connectivity index (χ1v) is 8.91. The molecule has 16 nitrogen and oxygen atoms in total. The Balaban J connectivity index is 0.000000226. The zero-order chi connectivity index (χ0) is 23.5. The van der Waals surface area contributed by atoms with E-state index < -0.39 is 0 Å². The van der Waals surface area contributed by atoms with Crippen molar-refractivity contribution in [1.82, 2.24) is 15.9 Å². The molecular weight excluding hydrogens is 406 g/mol. The topological polar surface area (TPSA) is 193 Å². The quantitative estimate of drug-likeness (QED) is 0.194. The Morgan fingerprint density at radius 1 is 0.600 bits per heavy atom. The molecule has 0 aliphatic carbocycles. The predicted octanol–water partition coefficient (Wildman–Crippen LogP) is -7.07. The molecular formula is C14H31N9O7. The van der Waals surface area contributed by atoms with Gasteiger partial charge in [0.2, 0.25) is 0 Å². The first-order chi connectivity index (χ1) is 13.8. The van der Waals surface area contributed by atoms with Crippen molar-refractivity contribution in [2.45, 2.75) is 41.5 Å². The monoisotopic (exact) mass is 437 g/mol. The first kappa shape index (κ1) is 26.6. The van der Waals surface area contributed by atoms with E-state index in [-0.39, 0.29) is 31.0 Å². The number of rotatable bonds is 1. The van der Waals surface area contributed by atoms with Gasteiger partial charge >= 0.3 is 0 Å². The molecule has 174 valence electrons. The van der Waals surface area contributed by atoms with Crippen LogP contribution in [0.15, 0.2) is 34.2 Å². The molecule has 0 fully saturated rings. The summed E-state index contributed by atoms with van der Waals surface area (Å²) in [6.45, 7) is 9.81. The van der Waals surface area contributed by atoms with Gasteiger partial charge in [-0.1, -0.05) is 0 Å². The molecule has 3 heterocycles. The number of allylic oxidation sites excluding steroid dienone is 6. The van der Waals surface area contributed by atoms with E-state index in [4.69, 9.17) is 0 Å². The lowest BCUT2D eigenvalue weighted by Gasteiger charge is -2.26. The van der Waals surface area contributed by atoms with Crippen molar-refractivity contribution in [3.63, 3.8) is 0 Å². The fraction of sp³-hybridized carbons (Fsp3) is 0.571. The Kier molecular flexibility index (Phi) is 9.53. The van der Waals surface area contributed by atoms with Gasteiger partial charge in [0.05, 0.1) is 14.2 Å². The lowest BCUT2D eigenvalue weighted by Crippen LogP contribution is -3.29. The van der Waals surface area contributed by atoms with Crippen molar-refractivity contribution in [2.24, 2.45) is 0 Å². The van der Waals surface area contributed by atoms with Crippen LogP contribution in [0.5, 0.6) is 0 Å². The average Bonchev–Trinajstić information content (AvgIpc) is 3.13. The molecule has 0 spiro atoms. The summed E-state index contributed by atoms with van der Waals surface area (Å²) >= 11 is 0. The minimum Gasteiger partial charge on any atom is -0.604 e. The fourth-order valence-corrected chi connectivity index (χ4v) is 2.43. The summed E-state index contributed by atoms with van der Waals surface area (Å²) in [6.07, 6.45) is 0. The van der Waals surface area contributed by atoms with E-state index in [1.54, 1.807) is 41.5 Å². The van der Waals surface area contributed by atoms with Crippen LogP contribution >= 0.6 is 0 Å². The molecule has 0 aromatic carbocycles. The van der Waals surface area contributed by atoms with Crippen LogP contribution in [0.2, 0.25) is 0 Å². The van der Waals surface area contributed by atoms with E-state index in [9.17, 15) is 31.2 Å². The van der Waals surface area contributed by atoms with Crippen LogP contribution in [-0.2, 0) is 4.84 Å². The summed E-state index contributed by atoms with van der Waals surface area (Å²) < 4.78 is 0. The molecule has 0 bridgehead atoms. The van der Waals surface area contributed by atoms with Crippen molar-refractivity contribution in [1.29, 1.82) is 0 Å². The highest BCUT2D eigenvalue weighted by Crippen LogP contribution is 1.92. The van der Waals surface area contributed by atoms with Gasteiger partial charge < -0.3 is 31.2 Å². The second-order valence-corrected chi connectivity index (χ2v) is 6.79. The van der Waals surface area contributed by atoms with Gasteiger partial charge in [0, 0.05) is 46.7 Å². The zero-order valence-corrected chi connectivity index (χ0v) is 18.3. The summed E-state index contributed by atoms with van der Waals surface area (Å²) in [7, 11) is 2.78. The Hall–Kier alpha value is -1.42. The largest absolute Gasteiger partial charge is 0.604 e. The standard InChI is InChI=1S/C5H11N3O3.C5H11N3O2.C4H9N3O2/c1-4-5(2)7(10)8(11-3)6(4)9;1-4-5(2)8(10)6(3)7(4)9;1-3-4(2)7(9)5-6(3)8/h6-7H,1-3H3;7-8H,1-3H3;5-7H,1-2H3. The molecule has 0 saturated heterocycles. The molecule has 6 atom stereocenters. The maximum Gasteiger partial charge on any atom is 0.189 e. The van der Waals surface area contributed by atoms with E-state index in [1.807, 2.05) is 0 Å². The lowest BCUT2D eigenvalue weighted by molar-refractivity contribution is -1.20. The Morgan fingerprint density at radius 2 is 0.900 bits per heavy atom. The molecule has 7 N–H and O–H groups in total. The molecule has 3 aliphatic rings. The van der Waals surface area contributed by atoms with Crippen LogP contribution in [0.1, 0.15) is 41.5 Å². The third-order valence-corrected chi connectivity index (χ3v) is 5.04. The van der Waals surface area contributed by atoms with Crippen molar-refractivity contribution >= 4 is 0 Å². The van der Waals surface area contributed by atoms with Gasteiger partial charge in [-0.2, -0.15) is 10.3 Å². The molecule has 0 saturated carbocycles. The Bertz CT molecular complexity index is 664. The average molecular weight is 437 g/mol. The summed E-state index contributed by atoms with van der Waals surface area (Å²) in [5, 5.41) is 65.6. The third-order valence-electron chi connectivity index (χ3n) is 5.04. The molecule has 3 rings (SSSR count). The van der Waals surface area contributed by atoms with Crippen molar-refractivity contribution in [3.05, 3.63) is 65.4 Å². The third kappa shape index (κ3) is 5.43.